The van der Waals surface area contributed by atoms with Crippen LogP contribution in [-0.2, 0) is 12.8 Å². The largest absolute Gasteiger partial charge is 0.399 e. The molecule has 21 heavy (non-hydrogen) atoms. The van der Waals surface area contributed by atoms with E-state index >= 15 is 0 Å². The highest BCUT2D eigenvalue weighted by Crippen LogP contribution is 2.18. The Bertz CT molecular complexity index is 749. The van der Waals surface area contributed by atoms with E-state index in [9.17, 15) is 0 Å². The number of aryl methyl sites for hydroxylation is 3. The average molecular weight is 279 g/mol. The van der Waals surface area contributed by atoms with E-state index in [4.69, 9.17) is 10.3 Å². The van der Waals surface area contributed by atoms with Gasteiger partial charge in [0.15, 0.2) is 0 Å². The molecule has 2 aromatic carbocycles. The lowest BCUT2D eigenvalue weighted by Crippen LogP contribution is -1.97. The van der Waals surface area contributed by atoms with Crippen molar-refractivity contribution in [2.75, 3.05) is 5.73 Å². The van der Waals surface area contributed by atoms with Crippen LogP contribution in [0.4, 0.5) is 5.69 Å². The Morgan fingerprint density at radius 3 is 2.71 bits per heavy atom. The van der Waals surface area contributed by atoms with E-state index < -0.39 is 0 Å². The van der Waals surface area contributed by atoms with E-state index in [0.29, 0.717) is 18.1 Å². The number of nitrogens with two attached hydrogens (primary N) is 1. The highest BCUT2D eigenvalue weighted by molar-refractivity contribution is 5.55. The van der Waals surface area contributed by atoms with Crippen molar-refractivity contribution in [2.45, 2.75) is 19.8 Å². The molecule has 4 heteroatoms. The lowest BCUT2D eigenvalue weighted by molar-refractivity contribution is 0.379. The lowest BCUT2D eigenvalue weighted by Gasteiger charge is -2.02. The van der Waals surface area contributed by atoms with Gasteiger partial charge < -0.3 is 10.3 Å². The van der Waals surface area contributed by atoms with Crippen molar-refractivity contribution >= 4 is 5.69 Å². The number of anilines is 1. The van der Waals surface area contributed by atoms with Gasteiger partial charge in [0, 0.05) is 17.7 Å². The monoisotopic (exact) mass is 279 g/mol. The van der Waals surface area contributed by atoms with Crippen LogP contribution >= 0.6 is 0 Å². The molecule has 1 heterocycles. The van der Waals surface area contributed by atoms with Crippen molar-refractivity contribution in [1.82, 2.24) is 10.1 Å². The number of para-hydroxylation sites is 1. The van der Waals surface area contributed by atoms with E-state index in [-0.39, 0.29) is 0 Å². The maximum Gasteiger partial charge on any atom is 0.227 e. The first-order valence-corrected chi connectivity index (χ1v) is 6.95. The fourth-order valence-corrected chi connectivity index (χ4v) is 2.26. The second-order valence-electron chi connectivity index (χ2n) is 5.08. The zero-order valence-corrected chi connectivity index (χ0v) is 11.9. The molecule has 0 aliphatic carbocycles. The molecule has 0 fully saturated rings. The molecule has 0 saturated heterocycles. The third kappa shape index (κ3) is 3.11. The normalized spacial score (nSPS) is 10.7. The molecule has 0 amide bonds. The summed E-state index contributed by atoms with van der Waals surface area (Å²) in [6, 6.07) is 15.9. The average Bonchev–Trinajstić information content (AvgIpc) is 2.95. The standard InChI is InChI=1S/C17H17N3O/c1-12-5-4-7-14(11-12)17-19-16(21-20-17)10-9-13-6-2-3-8-15(13)18/h2-8,11H,9-10,18H2,1H3. The van der Waals surface area contributed by atoms with E-state index in [1.54, 1.807) is 0 Å². The number of aromatic nitrogens is 2. The number of hydrogen-bond donors (Lipinski definition) is 1. The van der Waals surface area contributed by atoms with Gasteiger partial charge in [0.05, 0.1) is 0 Å². The molecule has 0 radical (unpaired) electrons. The summed E-state index contributed by atoms with van der Waals surface area (Å²) in [7, 11) is 0. The zero-order valence-electron chi connectivity index (χ0n) is 11.9. The summed E-state index contributed by atoms with van der Waals surface area (Å²) in [4.78, 5) is 4.45. The third-order valence-electron chi connectivity index (χ3n) is 3.41. The van der Waals surface area contributed by atoms with E-state index in [1.165, 1.54) is 5.56 Å². The molecule has 0 aliphatic heterocycles. The van der Waals surface area contributed by atoms with Crippen LogP contribution in [0.1, 0.15) is 17.0 Å². The lowest BCUT2D eigenvalue weighted by atomic mass is 10.1. The van der Waals surface area contributed by atoms with Crippen molar-refractivity contribution in [3.8, 4) is 11.4 Å². The predicted octanol–water partition coefficient (Wildman–Crippen LogP) is 3.41. The van der Waals surface area contributed by atoms with Crippen LogP contribution in [0.3, 0.4) is 0 Å². The van der Waals surface area contributed by atoms with E-state index in [1.807, 2.05) is 55.5 Å². The van der Waals surface area contributed by atoms with Crippen LogP contribution in [-0.4, -0.2) is 10.1 Å². The highest BCUT2D eigenvalue weighted by Gasteiger charge is 2.09. The fraction of sp³-hybridized carbons (Fsp3) is 0.176. The van der Waals surface area contributed by atoms with E-state index in [0.717, 1.165) is 23.2 Å². The van der Waals surface area contributed by atoms with Crippen molar-refractivity contribution in [3.05, 3.63) is 65.5 Å². The van der Waals surface area contributed by atoms with Gasteiger partial charge in [-0.25, -0.2) is 0 Å². The Morgan fingerprint density at radius 2 is 1.90 bits per heavy atom. The van der Waals surface area contributed by atoms with Crippen molar-refractivity contribution in [2.24, 2.45) is 0 Å². The third-order valence-corrected chi connectivity index (χ3v) is 3.41. The van der Waals surface area contributed by atoms with Crippen LogP contribution in [0.15, 0.2) is 53.1 Å². The first kappa shape index (κ1) is 13.4. The fourth-order valence-electron chi connectivity index (χ4n) is 2.26. The Morgan fingerprint density at radius 1 is 1.05 bits per heavy atom. The number of nitrogens with zero attached hydrogens (tertiary/aromatic N) is 2. The smallest absolute Gasteiger partial charge is 0.227 e. The Balaban J connectivity index is 1.72. The van der Waals surface area contributed by atoms with E-state index in [2.05, 4.69) is 10.1 Å². The maximum absolute atomic E-state index is 5.93. The predicted molar refractivity (Wildman–Crippen MR) is 82.7 cm³/mol. The Labute approximate surface area is 123 Å². The van der Waals surface area contributed by atoms with Crippen LogP contribution in [0.25, 0.3) is 11.4 Å². The molecule has 4 nitrogen and oxygen atoms in total. The van der Waals surface area contributed by atoms with Crippen LogP contribution in [0, 0.1) is 6.92 Å². The summed E-state index contributed by atoms with van der Waals surface area (Å²) >= 11 is 0. The quantitative estimate of drug-likeness (QED) is 0.743. The molecule has 0 bridgehead atoms. The van der Waals surface area contributed by atoms with Gasteiger partial charge in [0.2, 0.25) is 11.7 Å². The number of rotatable bonds is 4. The minimum absolute atomic E-state index is 0.634. The zero-order chi connectivity index (χ0) is 14.7. The van der Waals surface area contributed by atoms with Gasteiger partial charge in [0.1, 0.15) is 0 Å². The van der Waals surface area contributed by atoms with Gasteiger partial charge >= 0.3 is 0 Å². The summed E-state index contributed by atoms with van der Waals surface area (Å²) in [5.74, 6) is 1.27. The molecular formula is C17H17N3O. The van der Waals surface area contributed by atoms with Crippen molar-refractivity contribution in [3.63, 3.8) is 0 Å². The highest BCUT2D eigenvalue weighted by atomic mass is 16.5. The molecule has 3 rings (SSSR count). The number of nitrogen functional groups attached to an aromatic ring is 1. The second kappa shape index (κ2) is 5.79. The topological polar surface area (TPSA) is 64.9 Å². The molecule has 106 valence electrons. The number of benzene rings is 2. The second-order valence-corrected chi connectivity index (χ2v) is 5.08. The summed E-state index contributed by atoms with van der Waals surface area (Å²) in [6.45, 7) is 2.04. The molecule has 2 N–H and O–H groups in total. The van der Waals surface area contributed by atoms with Gasteiger partial charge in [0.25, 0.3) is 0 Å². The molecule has 0 spiro atoms. The molecule has 0 atom stereocenters. The van der Waals surface area contributed by atoms with Crippen LogP contribution < -0.4 is 5.73 Å². The molecule has 0 unspecified atom stereocenters. The van der Waals surface area contributed by atoms with Crippen LogP contribution in [0.2, 0.25) is 0 Å². The van der Waals surface area contributed by atoms with Gasteiger partial charge in [-0.15, -0.1) is 0 Å². The van der Waals surface area contributed by atoms with Crippen molar-refractivity contribution in [1.29, 1.82) is 0 Å². The van der Waals surface area contributed by atoms with Gasteiger partial charge in [-0.3, -0.25) is 0 Å². The molecule has 0 aliphatic rings. The molecular weight excluding hydrogens is 262 g/mol. The molecule has 3 aromatic rings. The maximum atomic E-state index is 5.93. The summed E-state index contributed by atoms with van der Waals surface area (Å²) < 4.78 is 5.32. The summed E-state index contributed by atoms with van der Waals surface area (Å²) in [6.07, 6.45) is 1.48. The molecule has 0 saturated carbocycles. The SMILES string of the molecule is Cc1cccc(-c2noc(CCc3ccccc3N)n2)c1. The van der Waals surface area contributed by atoms with Gasteiger partial charge in [-0.05, 0) is 31.0 Å². The minimum Gasteiger partial charge on any atom is -0.399 e. The molecule has 1 aromatic heterocycles. The Hall–Kier alpha value is -2.62. The first-order valence-electron chi connectivity index (χ1n) is 6.95. The summed E-state index contributed by atoms with van der Waals surface area (Å²) in [5.41, 5.74) is 9.99. The van der Waals surface area contributed by atoms with Gasteiger partial charge in [-0.1, -0.05) is 47.1 Å². The summed E-state index contributed by atoms with van der Waals surface area (Å²) in [5, 5.41) is 4.04. The number of hydrogen-bond acceptors (Lipinski definition) is 4. The first-order chi connectivity index (χ1) is 10.2. The Kier molecular flexibility index (Phi) is 3.69. The van der Waals surface area contributed by atoms with Crippen LogP contribution in [0.5, 0.6) is 0 Å². The minimum atomic E-state index is 0.634. The van der Waals surface area contributed by atoms with Crippen molar-refractivity contribution < 1.29 is 4.52 Å². The van der Waals surface area contributed by atoms with Gasteiger partial charge in [-0.2, -0.15) is 4.98 Å².